The second-order valence-electron chi connectivity index (χ2n) is 5.75. The smallest absolute Gasteiger partial charge is 0.422 e. The highest BCUT2D eigenvalue weighted by Gasteiger charge is 2.36. The molecular formula is C13H16ClF3N4O5S. The third-order valence-electron chi connectivity index (χ3n) is 3.06. The molecule has 14 heteroatoms. The maximum absolute atomic E-state index is 12.3. The van der Waals surface area contributed by atoms with Gasteiger partial charge in [0.15, 0.2) is 12.4 Å². The van der Waals surface area contributed by atoms with Crippen LogP contribution in [0.5, 0.6) is 5.75 Å². The van der Waals surface area contributed by atoms with Gasteiger partial charge in [-0.25, -0.2) is 13.4 Å². The van der Waals surface area contributed by atoms with E-state index in [1.165, 1.54) is 6.92 Å². The number of carbonyl (C=O) groups excluding carboxylic acids is 1. The number of nitrogens with two attached hydrogens (primary N) is 1. The monoisotopic (exact) mass is 432 g/mol. The minimum absolute atomic E-state index is 0.272. The number of amides is 1. The number of alkyl halides is 3. The van der Waals surface area contributed by atoms with Gasteiger partial charge in [-0.1, -0.05) is 16.8 Å². The summed E-state index contributed by atoms with van der Waals surface area (Å²) in [6, 6.07) is 0.844. The van der Waals surface area contributed by atoms with Gasteiger partial charge in [-0.2, -0.15) is 13.2 Å². The zero-order valence-electron chi connectivity index (χ0n) is 14.0. The van der Waals surface area contributed by atoms with E-state index in [4.69, 9.17) is 22.5 Å². The predicted molar refractivity (Wildman–Crippen MR) is 89.8 cm³/mol. The van der Waals surface area contributed by atoms with Gasteiger partial charge in [0, 0.05) is 12.3 Å². The van der Waals surface area contributed by atoms with E-state index in [2.05, 4.69) is 20.2 Å². The molecule has 9 nitrogen and oxygen atoms in total. The summed E-state index contributed by atoms with van der Waals surface area (Å²) in [7, 11) is -3.68. The Morgan fingerprint density at radius 1 is 1.48 bits per heavy atom. The Kier molecular flexibility index (Phi) is 6.88. The Morgan fingerprint density at radius 3 is 2.56 bits per heavy atom. The minimum atomic E-state index is -4.63. The van der Waals surface area contributed by atoms with Crippen LogP contribution < -0.4 is 15.8 Å². The topological polar surface area (TPSA) is 144 Å². The van der Waals surface area contributed by atoms with Gasteiger partial charge < -0.3 is 21.0 Å². The standard InChI is InChI=1S/C13H16ClF3N4O5S/c1-12(11(18)21-23,6-27(2,24)25)20-10(22)8-3-9(7(14)4-19-8)26-5-13(15,16)17/h3-4,23H,5-6H2,1-2H3,(H2,18,21)(H,20,22). The second kappa shape index (κ2) is 8.17. The molecule has 0 bridgehead atoms. The van der Waals surface area contributed by atoms with E-state index in [0.29, 0.717) is 0 Å². The Labute approximate surface area is 157 Å². The largest absolute Gasteiger partial charge is 0.482 e. The number of rotatable bonds is 7. The number of pyridine rings is 1. The molecule has 1 aromatic rings. The molecule has 152 valence electrons. The normalized spacial score (nSPS) is 15.1. The number of sulfone groups is 1. The van der Waals surface area contributed by atoms with Crippen molar-refractivity contribution in [3.05, 3.63) is 23.0 Å². The second-order valence-corrected chi connectivity index (χ2v) is 8.29. The molecule has 4 N–H and O–H groups in total. The summed E-state index contributed by atoms with van der Waals surface area (Å²) in [5, 5.41) is 13.5. The summed E-state index contributed by atoms with van der Waals surface area (Å²) in [4.78, 5) is 16.0. The molecule has 0 aliphatic heterocycles. The highest BCUT2D eigenvalue weighted by Crippen LogP contribution is 2.26. The molecule has 0 saturated carbocycles. The molecule has 1 amide bonds. The van der Waals surface area contributed by atoms with Crippen LogP contribution in [0.15, 0.2) is 17.4 Å². The van der Waals surface area contributed by atoms with Gasteiger partial charge in [0.05, 0.1) is 11.9 Å². The summed E-state index contributed by atoms with van der Waals surface area (Å²) in [6.45, 7) is -0.467. The molecule has 1 atom stereocenters. The first-order valence-corrected chi connectivity index (χ1v) is 9.44. The zero-order valence-corrected chi connectivity index (χ0v) is 15.6. The molecule has 0 spiro atoms. The van der Waals surface area contributed by atoms with Crippen LogP contribution in [0, 0.1) is 0 Å². The number of nitrogens with zero attached hydrogens (tertiary/aromatic N) is 2. The summed E-state index contributed by atoms with van der Waals surface area (Å²) in [6.07, 6.45) is -2.87. The first-order valence-electron chi connectivity index (χ1n) is 7.00. The number of halogens is 4. The van der Waals surface area contributed by atoms with E-state index in [0.717, 1.165) is 18.5 Å². The minimum Gasteiger partial charge on any atom is -0.482 e. The molecule has 0 fully saturated rings. The number of ether oxygens (including phenoxy) is 1. The molecule has 0 aromatic carbocycles. The number of carbonyl (C=O) groups is 1. The lowest BCUT2D eigenvalue weighted by molar-refractivity contribution is -0.153. The van der Waals surface area contributed by atoms with Gasteiger partial charge >= 0.3 is 6.18 Å². The number of nitrogens with one attached hydrogen (secondary N) is 1. The van der Waals surface area contributed by atoms with Crippen LogP contribution in [0.3, 0.4) is 0 Å². The van der Waals surface area contributed by atoms with Crippen LogP contribution in [-0.4, -0.2) is 60.7 Å². The highest BCUT2D eigenvalue weighted by molar-refractivity contribution is 7.90. The lowest BCUT2D eigenvalue weighted by Crippen LogP contribution is -2.59. The van der Waals surface area contributed by atoms with Crippen LogP contribution in [-0.2, 0) is 9.84 Å². The van der Waals surface area contributed by atoms with Crippen LogP contribution >= 0.6 is 11.6 Å². The van der Waals surface area contributed by atoms with Gasteiger partial charge in [0.2, 0.25) is 0 Å². The van der Waals surface area contributed by atoms with E-state index in [9.17, 15) is 26.4 Å². The van der Waals surface area contributed by atoms with Crippen molar-refractivity contribution in [2.75, 3.05) is 18.6 Å². The number of hydrogen-bond acceptors (Lipinski definition) is 7. The maximum atomic E-state index is 12.3. The van der Waals surface area contributed by atoms with Crippen molar-refractivity contribution in [3.8, 4) is 5.75 Å². The van der Waals surface area contributed by atoms with Crippen molar-refractivity contribution in [3.63, 3.8) is 0 Å². The Hall–Kier alpha value is -2.28. The Morgan fingerprint density at radius 2 is 2.07 bits per heavy atom. The van der Waals surface area contributed by atoms with E-state index in [1.807, 2.05) is 0 Å². The van der Waals surface area contributed by atoms with Crippen molar-refractivity contribution in [2.24, 2.45) is 10.9 Å². The number of aromatic nitrogens is 1. The average molecular weight is 433 g/mol. The number of amidine groups is 1. The Balaban J connectivity index is 3.13. The molecule has 0 radical (unpaired) electrons. The van der Waals surface area contributed by atoms with Gasteiger partial charge in [-0.05, 0) is 6.92 Å². The third-order valence-corrected chi connectivity index (χ3v) is 4.44. The van der Waals surface area contributed by atoms with Gasteiger partial charge in [0.1, 0.15) is 31.8 Å². The van der Waals surface area contributed by atoms with Crippen LogP contribution in [0.4, 0.5) is 13.2 Å². The average Bonchev–Trinajstić information content (AvgIpc) is 2.50. The molecule has 1 unspecified atom stereocenters. The molecule has 0 saturated heterocycles. The summed E-state index contributed by atoms with van der Waals surface area (Å²) >= 11 is 5.68. The van der Waals surface area contributed by atoms with E-state index < -0.39 is 57.1 Å². The lowest BCUT2D eigenvalue weighted by atomic mass is 10.0. The fourth-order valence-corrected chi connectivity index (χ4v) is 3.36. The van der Waals surface area contributed by atoms with Crippen molar-refractivity contribution in [1.29, 1.82) is 0 Å². The van der Waals surface area contributed by atoms with Crippen molar-refractivity contribution in [2.45, 2.75) is 18.6 Å². The molecule has 1 heterocycles. The molecule has 1 aromatic heterocycles. The van der Waals surface area contributed by atoms with Crippen molar-refractivity contribution >= 4 is 33.2 Å². The fourth-order valence-electron chi connectivity index (χ4n) is 1.94. The highest BCUT2D eigenvalue weighted by atomic mass is 35.5. The lowest BCUT2D eigenvalue weighted by Gasteiger charge is -2.28. The quantitative estimate of drug-likeness (QED) is 0.252. The zero-order chi connectivity index (χ0) is 21.0. The predicted octanol–water partition coefficient (Wildman–Crippen LogP) is 0.956. The summed E-state index contributed by atoms with van der Waals surface area (Å²) in [5.41, 5.74) is 3.22. The van der Waals surface area contributed by atoms with E-state index >= 15 is 0 Å². The SMILES string of the molecule is CC(CS(C)(=O)=O)(NC(=O)c1cc(OCC(F)(F)F)c(Cl)cn1)/C(N)=N/O. The first-order chi connectivity index (χ1) is 12.2. The molecule has 0 aliphatic rings. The summed E-state index contributed by atoms with van der Waals surface area (Å²) in [5.74, 6) is -2.79. The van der Waals surface area contributed by atoms with Gasteiger partial charge in [-0.3, -0.25) is 4.79 Å². The van der Waals surface area contributed by atoms with Gasteiger partial charge in [0.25, 0.3) is 5.91 Å². The van der Waals surface area contributed by atoms with Gasteiger partial charge in [-0.15, -0.1) is 0 Å². The molecular weight excluding hydrogens is 417 g/mol. The first kappa shape index (κ1) is 22.8. The van der Waals surface area contributed by atoms with Crippen LogP contribution in [0.2, 0.25) is 5.02 Å². The van der Waals surface area contributed by atoms with E-state index in [-0.39, 0.29) is 5.02 Å². The van der Waals surface area contributed by atoms with Crippen LogP contribution in [0.1, 0.15) is 17.4 Å². The van der Waals surface area contributed by atoms with Crippen LogP contribution in [0.25, 0.3) is 0 Å². The van der Waals surface area contributed by atoms with Crippen molar-refractivity contribution < 1.29 is 36.3 Å². The molecule has 0 aliphatic carbocycles. The Bertz CT molecular complexity index is 847. The maximum Gasteiger partial charge on any atom is 0.422 e. The third kappa shape index (κ3) is 7.09. The fraction of sp³-hybridized carbons (Fsp3) is 0.462. The molecule has 27 heavy (non-hydrogen) atoms. The number of oxime groups is 1. The number of hydrogen-bond donors (Lipinski definition) is 3. The van der Waals surface area contributed by atoms with Crippen molar-refractivity contribution in [1.82, 2.24) is 10.3 Å². The molecule has 1 rings (SSSR count). The van der Waals surface area contributed by atoms with E-state index in [1.54, 1.807) is 0 Å². The summed E-state index contributed by atoms with van der Waals surface area (Å²) < 4.78 is 64.4.